The number of carbonyl (C=O) groups excluding carboxylic acids is 1. The highest BCUT2D eigenvalue weighted by atomic mass is 79.9. The van der Waals surface area contributed by atoms with Crippen molar-refractivity contribution in [2.24, 2.45) is 0 Å². The molecule has 1 aromatic carbocycles. The molecule has 0 aliphatic heterocycles. The number of nitrogens with zero attached hydrogens (tertiary/aromatic N) is 2. The standard InChI is InChI=1S/C15H10BrCl2N3O/c16-9-1-4-14-20-11(8-21(14)7-9)6-19-15(22)12-5-10(17)2-3-13(12)18/h1-5,7-8H,6H2,(H,19,22). The minimum Gasteiger partial charge on any atom is -0.346 e. The fraction of sp³-hybridized carbons (Fsp3) is 0.0667. The van der Waals surface area contributed by atoms with E-state index in [2.05, 4.69) is 26.2 Å². The monoisotopic (exact) mass is 397 g/mol. The summed E-state index contributed by atoms with van der Waals surface area (Å²) in [5.41, 5.74) is 1.92. The third-order valence-corrected chi connectivity index (χ3v) is 4.10. The quantitative estimate of drug-likeness (QED) is 0.713. The molecule has 1 N–H and O–H groups in total. The number of halogens is 3. The molecule has 0 bridgehead atoms. The van der Waals surface area contributed by atoms with Crippen LogP contribution in [0.4, 0.5) is 0 Å². The zero-order valence-corrected chi connectivity index (χ0v) is 14.3. The molecule has 0 fully saturated rings. The summed E-state index contributed by atoms with van der Waals surface area (Å²) in [6, 6.07) is 8.58. The highest BCUT2D eigenvalue weighted by Crippen LogP contribution is 2.20. The summed E-state index contributed by atoms with van der Waals surface area (Å²) in [4.78, 5) is 16.6. The van der Waals surface area contributed by atoms with Crippen LogP contribution in [0.3, 0.4) is 0 Å². The second kappa shape index (κ2) is 6.28. The lowest BCUT2D eigenvalue weighted by molar-refractivity contribution is 0.0950. The van der Waals surface area contributed by atoms with E-state index in [1.165, 1.54) is 0 Å². The lowest BCUT2D eigenvalue weighted by Crippen LogP contribution is -2.23. The van der Waals surface area contributed by atoms with Crippen molar-refractivity contribution >= 4 is 50.7 Å². The Morgan fingerprint density at radius 1 is 1.23 bits per heavy atom. The first kappa shape index (κ1) is 15.3. The maximum absolute atomic E-state index is 12.2. The summed E-state index contributed by atoms with van der Waals surface area (Å²) >= 11 is 15.3. The topological polar surface area (TPSA) is 46.4 Å². The van der Waals surface area contributed by atoms with Crippen molar-refractivity contribution in [3.05, 3.63) is 68.5 Å². The van der Waals surface area contributed by atoms with E-state index >= 15 is 0 Å². The second-order valence-electron chi connectivity index (χ2n) is 4.65. The first-order valence-electron chi connectivity index (χ1n) is 6.39. The highest BCUT2D eigenvalue weighted by molar-refractivity contribution is 9.10. The van der Waals surface area contributed by atoms with E-state index in [-0.39, 0.29) is 5.91 Å². The van der Waals surface area contributed by atoms with Gasteiger partial charge in [-0.3, -0.25) is 4.79 Å². The van der Waals surface area contributed by atoms with Crippen molar-refractivity contribution in [1.82, 2.24) is 14.7 Å². The van der Waals surface area contributed by atoms with Gasteiger partial charge in [0.25, 0.3) is 5.91 Å². The Morgan fingerprint density at radius 3 is 2.86 bits per heavy atom. The number of aromatic nitrogens is 2. The van der Waals surface area contributed by atoms with Gasteiger partial charge in [0.05, 0.1) is 22.8 Å². The average molecular weight is 399 g/mol. The molecule has 0 spiro atoms. The normalized spacial score (nSPS) is 10.9. The van der Waals surface area contributed by atoms with Crippen LogP contribution in [-0.4, -0.2) is 15.3 Å². The Hall–Kier alpha value is -1.56. The fourth-order valence-corrected chi connectivity index (χ4v) is 2.77. The average Bonchev–Trinajstić information content (AvgIpc) is 2.89. The predicted molar refractivity (Wildman–Crippen MR) is 90.5 cm³/mol. The van der Waals surface area contributed by atoms with Crippen LogP contribution in [0.25, 0.3) is 5.65 Å². The van der Waals surface area contributed by atoms with Gasteiger partial charge in [0.1, 0.15) is 5.65 Å². The van der Waals surface area contributed by atoms with Gasteiger partial charge < -0.3 is 9.72 Å². The Morgan fingerprint density at radius 2 is 2.05 bits per heavy atom. The third kappa shape index (κ3) is 3.27. The molecule has 0 aliphatic rings. The molecule has 0 atom stereocenters. The van der Waals surface area contributed by atoms with Crippen LogP contribution in [-0.2, 0) is 6.54 Å². The molecule has 0 aliphatic carbocycles. The maximum atomic E-state index is 12.2. The molecule has 2 aromatic heterocycles. The first-order chi connectivity index (χ1) is 10.5. The maximum Gasteiger partial charge on any atom is 0.253 e. The summed E-state index contributed by atoms with van der Waals surface area (Å²) in [7, 11) is 0. The minimum atomic E-state index is -0.286. The molecule has 22 heavy (non-hydrogen) atoms. The molecule has 0 unspecified atom stereocenters. The summed E-state index contributed by atoms with van der Waals surface area (Å²) in [5.74, 6) is -0.286. The molecule has 0 radical (unpaired) electrons. The van der Waals surface area contributed by atoms with E-state index in [9.17, 15) is 4.79 Å². The van der Waals surface area contributed by atoms with Crippen molar-refractivity contribution in [3.63, 3.8) is 0 Å². The highest BCUT2D eigenvalue weighted by Gasteiger charge is 2.11. The van der Waals surface area contributed by atoms with Crippen LogP contribution in [0.5, 0.6) is 0 Å². The summed E-state index contributed by atoms with van der Waals surface area (Å²) in [6.07, 6.45) is 3.77. The molecule has 0 saturated heterocycles. The van der Waals surface area contributed by atoms with Crippen LogP contribution in [0.2, 0.25) is 10.0 Å². The number of amides is 1. The molecule has 3 aromatic rings. The number of rotatable bonds is 3. The molecular formula is C15H10BrCl2N3O. The lowest BCUT2D eigenvalue weighted by Gasteiger charge is -2.05. The summed E-state index contributed by atoms with van der Waals surface area (Å²) < 4.78 is 2.84. The van der Waals surface area contributed by atoms with Crippen molar-refractivity contribution in [1.29, 1.82) is 0 Å². The van der Waals surface area contributed by atoms with Gasteiger partial charge >= 0.3 is 0 Å². The molecule has 7 heteroatoms. The van der Waals surface area contributed by atoms with Crippen molar-refractivity contribution < 1.29 is 4.79 Å². The number of carbonyl (C=O) groups is 1. The molecular weight excluding hydrogens is 389 g/mol. The molecule has 2 heterocycles. The van der Waals surface area contributed by atoms with E-state index in [0.29, 0.717) is 22.2 Å². The van der Waals surface area contributed by atoms with Gasteiger partial charge in [-0.25, -0.2) is 4.98 Å². The zero-order chi connectivity index (χ0) is 15.7. The SMILES string of the molecule is O=C(NCc1cn2cc(Br)ccc2n1)c1cc(Cl)ccc1Cl. The van der Waals surface area contributed by atoms with Crippen LogP contribution < -0.4 is 5.32 Å². The number of hydrogen-bond donors (Lipinski definition) is 1. The Balaban J connectivity index is 1.75. The first-order valence-corrected chi connectivity index (χ1v) is 7.94. The van der Waals surface area contributed by atoms with Gasteiger partial charge in [-0.1, -0.05) is 23.2 Å². The zero-order valence-electron chi connectivity index (χ0n) is 11.2. The van der Waals surface area contributed by atoms with Crippen LogP contribution >= 0.6 is 39.1 Å². The summed E-state index contributed by atoms with van der Waals surface area (Å²) in [6.45, 7) is 0.307. The smallest absolute Gasteiger partial charge is 0.253 e. The minimum absolute atomic E-state index is 0.286. The fourth-order valence-electron chi connectivity index (χ4n) is 2.04. The number of benzene rings is 1. The van der Waals surface area contributed by atoms with Gasteiger partial charge in [-0.2, -0.15) is 0 Å². The van der Waals surface area contributed by atoms with Gasteiger partial charge in [0.2, 0.25) is 0 Å². The second-order valence-corrected chi connectivity index (χ2v) is 6.41. The van der Waals surface area contributed by atoms with E-state index in [0.717, 1.165) is 15.8 Å². The largest absolute Gasteiger partial charge is 0.346 e. The number of nitrogens with one attached hydrogen (secondary N) is 1. The van der Waals surface area contributed by atoms with Crippen molar-refractivity contribution in [2.45, 2.75) is 6.54 Å². The molecule has 3 rings (SSSR count). The van der Waals surface area contributed by atoms with E-state index in [1.807, 2.05) is 28.9 Å². The van der Waals surface area contributed by atoms with Crippen molar-refractivity contribution in [2.75, 3.05) is 0 Å². The molecule has 4 nitrogen and oxygen atoms in total. The van der Waals surface area contributed by atoms with E-state index < -0.39 is 0 Å². The number of pyridine rings is 1. The Bertz CT molecular complexity index is 863. The Labute approximate surface area is 145 Å². The predicted octanol–water partition coefficient (Wildman–Crippen LogP) is 4.33. The van der Waals surface area contributed by atoms with Crippen LogP contribution in [0.15, 0.2) is 47.2 Å². The van der Waals surface area contributed by atoms with Gasteiger partial charge in [-0.15, -0.1) is 0 Å². The molecule has 112 valence electrons. The number of fused-ring (bicyclic) bond motifs is 1. The molecule has 1 amide bonds. The van der Waals surface area contributed by atoms with Crippen molar-refractivity contribution in [3.8, 4) is 0 Å². The van der Waals surface area contributed by atoms with E-state index in [1.54, 1.807) is 18.2 Å². The van der Waals surface area contributed by atoms with Crippen LogP contribution in [0, 0.1) is 0 Å². The Kier molecular flexibility index (Phi) is 4.38. The number of hydrogen-bond acceptors (Lipinski definition) is 2. The van der Waals surface area contributed by atoms with Gasteiger partial charge in [0.15, 0.2) is 0 Å². The third-order valence-electron chi connectivity index (χ3n) is 3.07. The lowest BCUT2D eigenvalue weighted by atomic mass is 10.2. The van der Waals surface area contributed by atoms with Gasteiger partial charge in [0, 0.05) is 21.9 Å². The summed E-state index contributed by atoms with van der Waals surface area (Å²) in [5, 5.41) is 3.62. The number of imidazole rings is 1. The molecule has 0 saturated carbocycles. The van der Waals surface area contributed by atoms with Gasteiger partial charge in [-0.05, 0) is 46.3 Å². The van der Waals surface area contributed by atoms with E-state index in [4.69, 9.17) is 23.2 Å². The van der Waals surface area contributed by atoms with Crippen LogP contribution in [0.1, 0.15) is 16.1 Å².